The Hall–Kier alpha value is -0.790. The lowest BCUT2D eigenvalue weighted by Gasteiger charge is -2.20. The molecule has 0 radical (unpaired) electrons. The molecule has 0 spiro atoms. The van der Waals surface area contributed by atoms with Crippen LogP contribution in [0.15, 0.2) is 12.2 Å². The first kappa shape index (κ1) is 11.3. The minimum Gasteiger partial charge on any atom is -0.350 e. The minimum absolute atomic E-state index is 0.0677. The lowest BCUT2D eigenvalue weighted by Crippen LogP contribution is -2.34. The SMILES string of the molecule is C/C=C/C(=O)NC1CCCCCCC1. The normalized spacial score (nSPS) is 20.4. The maximum absolute atomic E-state index is 11.3. The first-order valence-electron chi connectivity index (χ1n) is 5.76. The molecular weight excluding hydrogens is 174 g/mol. The van der Waals surface area contributed by atoms with Crippen LogP contribution in [0.5, 0.6) is 0 Å². The predicted octanol–water partition coefficient (Wildman–Crippen LogP) is 2.79. The molecule has 1 rings (SSSR count). The molecule has 1 amide bonds. The van der Waals surface area contributed by atoms with E-state index in [9.17, 15) is 4.79 Å². The second-order valence-corrected chi connectivity index (χ2v) is 4.05. The molecule has 2 heteroatoms. The topological polar surface area (TPSA) is 29.1 Å². The van der Waals surface area contributed by atoms with Crippen molar-refractivity contribution in [1.29, 1.82) is 0 Å². The van der Waals surface area contributed by atoms with Crippen molar-refractivity contribution in [2.24, 2.45) is 0 Å². The molecule has 0 aliphatic heterocycles. The highest BCUT2D eigenvalue weighted by Crippen LogP contribution is 2.16. The molecule has 80 valence electrons. The Morgan fingerprint density at radius 3 is 2.29 bits per heavy atom. The van der Waals surface area contributed by atoms with Gasteiger partial charge in [-0.3, -0.25) is 4.79 Å². The van der Waals surface area contributed by atoms with E-state index in [0.29, 0.717) is 6.04 Å². The summed E-state index contributed by atoms with van der Waals surface area (Å²) < 4.78 is 0. The Morgan fingerprint density at radius 2 is 1.71 bits per heavy atom. The molecule has 0 aromatic rings. The molecule has 0 saturated heterocycles. The fraction of sp³-hybridized carbons (Fsp3) is 0.750. The molecule has 0 bridgehead atoms. The monoisotopic (exact) mass is 195 g/mol. The zero-order valence-electron chi connectivity index (χ0n) is 9.09. The van der Waals surface area contributed by atoms with E-state index in [0.717, 1.165) is 12.8 Å². The van der Waals surface area contributed by atoms with Crippen molar-refractivity contribution in [3.05, 3.63) is 12.2 Å². The number of allylic oxidation sites excluding steroid dienone is 1. The number of hydrogen-bond acceptors (Lipinski definition) is 1. The number of rotatable bonds is 2. The number of hydrogen-bond donors (Lipinski definition) is 1. The fourth-order valence-corrected chi connectivity index (χ4v) is 2.00. The van der Waals surface area contributed by atoms with Gasteiger partial charge in [0.2, 0.25) is 5.91 Å². The fourth-order valence-electron chi connectivity index (χ4n) is 2.00. The van der Waals surface area contributed by atoms with E-state index >= 15 is 0 Å². The maximum atomic E-state index is 11.3. The van der Waals surface area contributed by atoms with E-state index in [1.54, 1.807) is 12.2 Å². The number of carbonyl (C=O) groups excluding carboxylic acids is 1. The van der Waals surface area contributed by atoms with E-state index in [1.165, 1.54) is 32.1 Å². The third-order valence-electron chi connectivity index (χ3n) is 2.77. The van der Waals surface area contributed by atoms with Crippen molar-refractivity contribution < 1.29 is 4.79 Å². The van der Waals surface area contributed by atoms with Crippen LogP contribution in [0, 0.1) is 0 Å². The summed E-state index contributed by atoms with van der Waals surface area (Å²) in [6.07, 6.45) is 12.3. The van der Waals surface area contributed by atoms with E-state index in [-0.39, 0.29) is 5.91 Å². The molecule has 1 fully saturated rings. The van der Waals surface area contributed by atoms with Crippen LogP contribution < -0.4 is 5.32 Å². The van der Waals surface area contributed by atoms with E-state index in [2.05, 4.69) is 5.32 Å². The van der Waals surface area contributed by atoms with E-state index < -0.39 is 0 Å². The average molecular weight is 195 g/mol. The Labute approximate surface area is 86.8 Å². The van der Waals surface area contributed by atoms with Crippen LogP contribution in [0.2, 0.25) is 0 Å². The molecule has 0 unspecified atom stereocenters. The Morgan fingerprint density at radius 1 is 1.14 bits per heavy atom. The quantitative estimate of drug-likeness (QED) is 0.674. The molecule has 14 heavy (non-hydrogen) atoms. The number of nitrogens with one attached hydrogen (secondary N) is 1. The van der Waals surface area contributed by atoms with E-state index in [1.807, 2.05) is 6.92 Å². The standard InChI is InChI=1S/C12H21NO/c1-2-8-12(14)13-11-9-6-4-3-5-7-10-11/h2,8,11H,3-7,9-10H2,1H3,(H,13,14)/b8-2+. The van der Waals surface area contributed by atoms with Gasteiger partial charge < -0.3 is 5.32 Å². The largest absolute Gasteiger partial charge is 0.350 e. The van der Waals surface area contributed by atoms with Crippen molar-refractivity contribution in [2.75, 3.05) is 0 Å². The van der Waals surface area contributed by atoms with Gasteiger partial charge in [0, 0.05) is 6.04 Å². The Balaban J connectivity index is 2.29. The van der Waals surface area contributed by atoms with Crippen LogP contribution in [-0.4, -0.2) is 11.9 Å². The van der Waals surface area contributed by atoms with Crippen LogP contribution in [0.1, 0.15) is 51.9 Å². The average Bonchev–Trinajstić information content (AvgIpc) is 2.10. The first-order chi connectivity index (χ1) is 6.83. The van der Waals surface area contributed by atoms with Gasteiger partial charge >= 0.3 is 0 Å². The molecule has 0 atom stereocenters. The van der Waals surface area contributed by atoms with Gasteiger partial charge in [-0.25, -0.2) is 0 Å². The second-order valence-electron chi connectivity index (χ2n) is 4.05. The summed E-state index contributed by atoms with van der Waals surface area (Å²) in [4.78, 5) is 11.3. The van der Waals surface area contributed by atoms with Crippen molar-refractivity contribution in [3.8, 4) is 0 Å². The van der Waals surface area contributed by atoms with Gasteiger partial charge in [0.25, 0.3) is 0 Å². The van der Waals surface area contributed by atoms with Gasteiger partial charge in [-0.05, 0) is 25.8 Å². The van der Waals surface area contributed by atoms with E-state index in [4.69, 9.17) is 0 Å². The molecule has 1 saturated carbocycles. The molecule has 0 aromatic carbocycles. The Kier molecular flexibility index (Phi) is 5.35. The minimum atomic E-state index is 0.0677. The summed E-state index contributed by atoms with van der Waals surface area (Å²) in [6, 6.07) is 0.416. The maximum Gasteiger partial charge on any atom is 0.243 e. The number of amides is 1. The van der Waals surface area contributed by atoms with Gasteiger partial charge in [-0.2, -0.15) is 0 Å². The van der Waals surface area contributed by atoms with Crippen molar-refractivity contribution in [2.45, 2.75) is 57.9 Å². The summed E-state index contributed by atoms with van der Waals surface area (Å²) in [6.45, 7) is 1.87. The predicted molar refractivity (Wildman–Crippen MR) is 59.1 cm³/mol. The van der Waals surface area contributed by atoms with Crippen molar-refractivity contribution >= 4 is 5.91 Å². The molecule has 0 heterocycles. The summed E-state index contributed by atoms with van der Waals surface area (Å²) in [5, 5.41) is 3.06. The molecule has 2 nitrogen and oxygen atoms in total. The zero-order chi connectivity index (χ0) is 10.2. The summed E-state index contributed by atoms with van der Waals surface area (Å²) in [7, 11) is 0. The van der Waals surface area contributed by atoms with Crippen molar-refractivity contribution in [3.63, 3.8) is 0 Å². The molecule has 0 aromatic heterocycles. The lowest BCUT2D eigenvalue weighted by atomic mass is 9.97. The van der Waals surface area contributed by atoms with Gasteiger partial charge in [0.1, 0.15) is 0 Å². The zero-order valence-corrected chi connectivity index (χ0v) is 9.09. The smallest absolute Gasteiger partial charge is 0.243 e. The molecule has 1 aliphatic rings. The molecule has 1 N–H and O–H groups in total. The van der Waals surface area contributed by atoms with Crippen LogP contribution in [0.3, 0.4) is 0 Å². The third kappa shape index (κ3) is 4.45. The highest BCUT2D eigenvalue weighted by Gasteiger charge is 2.11. The Bertz CT molecular complexity index is 190. The van der Waals surface area contributed by atoms with Gasteiger partial charge in [-0.1, -0.05) is 38.2 Å². The second kappa shape index (κ2) is 6.63. The van der Waals surface area contributed by atoms with Crippen LogP contribution >= 0.6 is 0 Å². The summed E-state index contributed by atoms with van der Waals surface area (Å²) in [5.74, 6) is 0.0677. The number of carbonyl (C=O) groups is 1. The van der Waals surface area contributed by atoms with Crippen LogP contribution in [0.25, 0.3) is 0 Å². The highest BCUT2D eigenvalue weighted by molar-refractivity contribution is 5.87. The van der Waals surface area contributed by atoms with Gasteiger partial charge in [0.05, 0.1) is 0 Å². The molecular formula is C12H21NO. The highest BCUT2D eigenvalue weighted by atomic mass is 16.1. The summed E-state index contributed by atoms with van der Waals surface area (Å²) in [5.41, 5.74) is 0. The summed E-state index contributed by atoms with van der Waals surface area (Å²) >= 11 is 0. The van der Waals surface area contributed by atoms with Crippen LogP contribution in [0.4, 0.5) is 0 Å². The van der Waals surface area contributed by atoms with Crippen LogP contribution in [-0.2, 0) is 4.79 Å². The molecule has 1 aliphatic carbocycles. The van der Waals surface area contributed by atoms with Gasteiger partial charge in [0.15, 0.2) is 0 Å². The third-order valence-corrected chi connectivity index (χ3v) is 2.77. The van der Waals surface area contributed by atoms with Crippen molar-refractivity contribution in [1.82, 2.24) is 5.32 Å². The van der Waals surface area contributed by atoms with Gasteiger partial charge in [-0.15, -0.1) is 0 Å². The first-order valence-corrected chi connectivity index (χ1v) is 5.76. The lowest BCUT2D eigenvalue weighted by molar-refractivity contribution is -0.117.